The van der Waals surface area contributed by atoms with Crippen LogP contribution in [0.1, 0.15) is 73.2 Å². The number of hydrogen-bond donors (Lipinski definition) is 2. The van der Waals surface area contributed by atoms with Gasteiger partial charge >= 0.3 is 0 Å². The molecule has 3 aromatic rings. The lowest BCUT2D eigenvalue weighted by atomic mass is 9.85. The predicted octanol–water partition coefficient (Wildman–Crippen LogP) is 6.82. The molecule has 0 saturated carbocycles. The molecule has 2 aromatic carbocycles. The average molecular weight is 414 g/mol. The fraction of sp³-hybridized carbons (Fsp3) is 0.393. The largest absolute Gasteiger partial charge is 0.399 e. The number of nitrogens with zero attached hydrogens (tertiary/aromatic N) is 1. The van der Waals surface area contributed by atoms with E-state index in [0.717, 1.165) is 55.6 Å². The number of aryl methyl sites for hydroxylation is 5. The third-order valence-corrected chi connectivity index (χ3v) is 6.71. The third-order valence-electron chi connectivity index (χ3n) is 6.71. The number of pyridine rings is 1. The molecule has 0 aliphatic heterocycles. The summed E-state index contributed by atoms with van der Waals surface area (Å²) in [6, 6.07) is 15.5. The highest BCUT2D eigenvalue weighted by Crippen LogP contribution is 2.38. The monoisotopic (exact) mass is 413 g/mol. The van der Waals surface area contributed by atoms with E-state index < -0.39 is 0 Å². The molecule has 0 radical (unpaired) electrons. The van der Waals surface area contributed by atoms with E-state index >= 15 is 0 Å². The first kappa shape index (κ1) is 21.4. The molecular formula is C28H35N3. The van der Waals surface area contributed by atoms with Crippen LogP contribution in [0.4, 0.5) is 11.4 Å². The quantitative estimate of drug-likeness (QED) is 0.436. The SMILES string of the molecule is CCc1cccc(CC)c1-c1cc(CC)c2c(n1)CCCC2Nc1cc(N)ccc1C. The van der Waals surface area contributed by atoms with Crippen molar-refractivity contribution in [2.75, 3.05) is 11.1 Å². The van der Waals surface area contributed by atoms with Gasteiger partial charge in [-0.2, -0.15) is 0 Å². The Kier molecular flexibility index (Phi) is 6.31. The number of hydrogen-bond acceptors (Lipinski definition) is 3. The highest BCUT2D eigenvalue weighted by molar-refractivity contribution is 5.70. The van der Waals surface area contributed by atoms with Crippen LogP contribution in [0.2, 0.25) is 0 Å². The fourth-order valence-electron chi connectivity index (χ4n) is 5.02. The maximum Gasteiger partial charge on any atom is 0.0713 e. The van der Waals surface area contributed by atoms with Crippen molar-refractivity contribution in [1.29, 1.82) is 0 Å². The molecule has 0 amide bonds. The molecule has 0 saturated heterocycles. The molecule has 3 heteroatoms. The summed E-state index contributed by atoms with van der Waals surface area (Å²) in [6.45, 7) is 8.89. The summed E-state index contributed by atoms with van der Waals surface area (Å²) >= 11 is 0. The normalized spacial score (nSPS) is 15.5. The van der Waals surface area contributed by atoms with Crippen molar-refractivity contribution in [3.63, 3.8) is 0 Å². The van der Waals surface area contributed by atoms with Gasteiger partial charge in [-0.25, -0.2) is 0 Å². The first-order valence-electron chi connectivity index (χ1n) is 11.8. The van der Waals surface area contributed by atoms with E-state index in [0.29, 0.717) is 0 Å². The number of benzene rings is 2. The van der Waals surface area contributed by atoms with Gasteiger partial charge in [-0.15, -0.1) is 0 Å². The van der Waals surface area contributed by atoms with E-state index in [1.807, 2.05) is 6.07 Å². The number of anilines is 2. The molecule has 4 rings (SSSR count). The summed E-state index contributed by atoms with van der Waals surface area (Å²) in [4.78, 5) is 5.28. The summed E-state index contributed by atoms with van der Waals surface area (Å²) in [6.07, 6.45) is 6.41. The smallest absolute Gasteiger partial charge is 0.0713 e. The second-order valence-corrected chi connectivity index (χ2v) is 8.70. The van der Waals surface area contributed by atoms with E-state index in [9.17, 15) is 0 Å². The van der Waals surface area contributed by atoms with Gasteiger partial charge in [0.1, 0.15) is 0 Å². The Morgan fingerprint density at radius 2 is 1.68 bits per heavy atom. The van der Waals surface area contributed by atoms with Crippen LogP contribution >= 0.6 is 0 Å². The zero-order chi connectivity index (χ0) is 22.0. The molecule has 0 fully saturated rings. The maximum atomic E-state index is 6.07. The highest BCUT2D eigenvalue weighted by Gasteiger charge is 2.26. The Bertz CT molecular complexity index is 1040. The van der Waals surface area contributed by atoms with Gasteiger partial charge in [0.2, 0.25) is 0 Å². The van der Waals surface area contributed by atoms with Crippen LogP contribution < -0.4 is 11.1 Å². The van der Waals surface area contributed by atoms with Crippen LogP contribution in [-0.2, 0) is 25.7 Å². The minimum absolute atomic E-state index is 0.285. The van der Waals surface area contributed by atoms with E-state index in [2.05, 4.69) is 69.4 Å². The van der Waals surface area contributed by atoms with Crippen LogP contribution in [0.3, 0.4) is 0 Å². The van der Waals surface area contributed by atoms with Gasteiger partial charge in [-0.3, -0.25) is 4.98 Å². The summed E-state index contributed by atoms with van der Waals surface area (Å²) in [7, 11) is 0. The Labute approximate surface area is 187 Å². The summed E-state index contributed by atoms with van der Waals surface area (Å²) in [5.41, 5.74) is 18.6. The van der Waals surface area contributed by atoms with Gasteiger partial charge in [0, 0.05) is 22.6 Å². The van der Waals surface area contributed by atoms with E-state index in [1.165, 1.54) is 39.1 Å². The molecule has 0 bridgehead atoms. The minimum atomic E-state index is 0.285. The van der Waals surface area contributed by atoms with Crippen molar-refractivity contribution >= 4 is 11.4 Å². The first-order chi connectivity index (χ1) is 15.0. The molecule has 31 heavy (non-hydrogen) atoms. The van der Waals surface area contributed by atoms with Gasteiger partial charge in [-0.1, -0.05) is 45.0 Å². The molecule has 3 nitrogen and oxygen atoms in total. The molecule has 3 N–H and O–H groups in total. The van der Waals surface area contributed by atoms with E-state index in [4.69, 9.17) is 10.7 Å². The predicted molar refractivity (Wildman–Crippen MR) is 133 cm³/mol. The van der Waals surface area contributed by atoms with Crippen LogP contribution in [0.5, 0.6) is 0 Å². The third kappa shape index (κ3) is 4.19. The van der Waals surface area contributed by atoms with Crippen molar-refractivity contribution in [1.82, 2.24) is 4.98 Å². The molecule has 1 aliphatic carbocycles. The summed E-state index contributed by atoms with van der Waals surface area (Å²) in [5, 5.41) is 3.81. The Hall–Kier alpha value is -2.81. The second-order valence-electron chi connectivity index (χ2n) is 8.70. The van der Waals surface area contributed by atoms with Gasteiger partial charge < -0.3 is 11.1 Å². The number of nitrogen functional groups attached to an aromatic ring is 1. The molecular weight excluding hydrogens is 378 g/mol. The van der Waals surface area contributed by atoms with Crippen molar-refractivity contribution in [3.05, 3.63) is 76.0 Å². The van der Waals surface area contributed by atoms with Gasteiger partial charge in [0.15, 0.2) is 0 Å². The average Bonchev–Trinajstić information content (AvgIpc) is 2.80. The van der Waals surface area contributed by atoms with Gasteiger partial charge in [0.25, 0.3) is 0 Å². The van der Waals surface area contributed by atoms with Crippen LogP contribution in [-0.4, -0.2) is 4.98 Å². The van der Waals surface area contributed by atoms with E-state index in [1.54, 1.807) is 0 Å². The number of aromatic nitrogens is 1. The van der Waals surface area contributed by atoms with Crippen molar-refractivity contribution in [2.24, 2.45) is 0 Å². The van der Waals surface area contributed by atoms with Crippen LogP contribution in [0.25, 0.3) is 11.3 Å². The topological polar surface area (TPSA) is 50.9 Å². The maximum absolute atomic E-state index is 6.07. The lowest BCUT2D eigenvalue weighted by Crippen LogP contribution is -2.21. The van der Waals surface area contributed by atoms with Crippen molar-refractivity contribution < 1.29 is 0 Å². The molecule has 1 unspecified atom stereocenters. The molecule has 1 aliphatic rings. The zero-order valence-corrected chi connectivity index (χ0v) is 19.4. The van der Waals surface area contributed by atoms with Crippen LogP contribution in [0.15, 0.2) is 42.5 Å². The highest BCUT2D eigenvalue weighted by atomic mass is 14.9. The summed E-state index contributed by atoms with van der Waals surface area (Å²) in [5.74, 6) is 0. The van der Waals surface area contributed by atoms with Crippen molar-refractivity contribution in [3.8, 4) is 11.3 Å². The fourth-order valence-corrected chi connectivity index (χ4v) is 5.02. The molecule has 1 heterocycles. The first-order valence-corrected chi connectivity index (χ1v) is 11.8. The lowest BCUT2D eigenvalue weighted by Gasteiger charge is -2.30. The number of rotatable bonds is 6. The summed E-state index contributed by atoms with van der Waals surface area (Å²) < 4.78 is 0. The second kappa shape index (κ2) is 9.13. The zero-order valence-electron chi connectivity index (χ0n) is 19.4. The Morgan fingerprint density at radius 3 is 2.35 bits per heavy atom. The van der Waals surface area contributed by atoms with Crippen LogP contribution in [0, 0.1) is 6.92 Å². The molecule has 1 atom stereocenters. The standard InChI is InChI=1S/C28H35N3/c1-5-19-10-8-11-20(6-2)27(19)26-16-21(7-3)28-23(12-9-13-24(28)31-26)30-25-17-22(29)15-14-18(25)4/h8,10-11,14-17,23,30H,5-7,9,12-13,29H2,1-4H3. The van der Waals surface area contributed by atoms with Crippen molar-refractivity contribution in [2.45, 2.75) is 72.3 Å². The minimum Gasteiger partial charge on any atom is -0.399 e. The number of fused-ring (bicyclic) bond motifs is 1. The molecule has 162 valence electrons. The van der Waals surface area contributed by atoms with E-state index in [-0.39, 0.29) is 6.04 Å². The van der Waals surface area contributed by atoms with Gasteiger partial charge in [0.05, 0.1) is 11.7 Å². The Morgan fingerprint density at radius 1 is 0.968 bits per heavy atom. The molecule has 0 spiro atoms. The number of nitrogens with one attached hydrogen (secondary N) is 1. The Balaban J connectivity index is 1.80. The van der Waals surface area contributed by atoms with Gasteiger partial charge in [-0.05, 0) is 91.5 Å². The molecule has 1 aromatic heterocycles. The number of nitrogens with two attached hydrogens (primary N) is 1. The lowest BCUT2D eigenvalue weighted by molar-refractivity contribution is 0.583.